The minimum Gasteiger partial charge on any atom is -0.455 e. The predicted octanol–water partition coefficient (Wildman–Crippen LogP) is 16.0. The number of nitrogens with zero attached hydrogens (tertiary/aromatic N) is 1. The molecule has 0 radical (unpaired) electrons. The first-order valence-corrected chi connectivity index (χ1v) is 21.3. The molecular formula is C58H39NO2. The Labute approximate surface area is 352 Å². The van der Waals surface area contributed by atoms with E-state index in [0.29, 0.717) is 11.8 Å². The van der Waals surface area contributed by atoms with E-state index >= 15 is 0 Å². The normalized spacial score (nSPS) is 14.3. The molecule has 9 aromatic carbocycles. The third kappa shape index (κ3) is 5.17. The van der Waals surface area contributed by atoms with Crippen molar-refractivity contribution in [3.63, 3.8) is 0 Å². The van der Waals surface area contributed by atoms with Crippen molar-refractivity contribution in [1.82, 2.24) is 4.57 Å². The number of rotatable bonds is 5. The summed E-state index contributed by atoms with van der Waals surface area (Å²) >= 11 is 0. The fourth-order valence-electron chi connectivity index (χ4n) is 10.6. The lowest BCUT2D eigenvalue weighted by atomic mass is 9.71. The standard InChI is InChI=1S/C58H39NO2/c1-35(36-14-4-2-5-15-36)48-30-37-16-8-9-19-41(37)49-31-38(26-28-44(48)49)42-21-12-23-46-51-33-52-47-24-13-22-43(58(47)61-56(52)34-55(51)60-57(42)46)39-27-29-54-50(32-39)45-20-10-11-25-53(45)59(54)40-17-6-3-7-18-40/h2-29,31-35,48H,30H2,1H3. The molecule has 0 fully saturated rings. The van der Waals surface area contributed by atoms with Crippen molar-refractivity contribution in [1.29, 1.82) is 0 Å². The van der Waals surface area contributed by atoms with Crippen molar-refractivity contribution in [3.05, 3.63) is 211 Å². The van der Waals surface area contributed by atoms with E-state index in [2.05, 4.69) is 206 Å². The van der Waals surface area contributed by atoms with Gasteiger partial charge in [-0.2, -0.15) is 0 Å². The number of hydrogen-bond donors (Lipinski definition) is 0. The summed E-state index contributed by atoms with van der Waals surface area (Å²) < 4.78 is 16.0. The second-order valence-electron chi connectivity index (χ2n) is 16.8. The Balaban J connectivity index is 0.927. The summed E-state index contributed by atoms with van der Waals surface area (Å²) in [6, 6.07) is 70.5. The van der Waals surface area contributed by atoms with Gasteiger partial charge < -0.3 is 13.4 Å². The molecule has 0 aliphatic heterocycles. The van der Waals surface area contributed by atoms with Crippen LogP contribution in [0.25, 0.3) is 105 Å². The zero-order valence-corrected chi connectivity index (χ0v) is 33.6. The first kappa shape index (κ1) is 34.3. The molecule has 2 atom stereocenters. The predicted molar refractivity (Wildman–Crippen MR) is 253 cm³/mol. The zero-order valence-electron chi connectivity index (χ0n) is 33.6. The maximum absolute atomic E-state index is 6.85. The molecular weight excluding hydrogens is 743 g/mol. The van der Waals surface area contributed by atoms with E-state index in [4.69, 9.17) is 8.83 Å². The van der Waals surface area contributed by atoms with E-state index < -0.39 is 0 Å². The fraction of sp³-hybridized carbons (Fsp3) is 0.0690. The number of furan rings is 2. The van der Waals surface area contributed by atoms with Gasteiger partial charge in [-0.1, -0.05) is 153 Å². The summed E-state index contributed by atoms with van der Waals surface area (Å²) in [6.07, 6.45) is 1.03. The molecule has 13 rings (SSSR count). The monoisotopic (exact) mass is 781 g/mol. The van der Waals surface area contributed by atoms with Crippen LogP contribution in [0.2, 0.25) is 0 Å². The van der Waals surface area contributed by atoms with Crippen LogP contribution in [-0.2, 0) is 6.42 Å². The molecule has 0 bridgehead atoms. The summed E-state index contributed by atoms with van der Waals surface area (Å²) in [6.45, 7) is 2.38. The van der Waals surface area contributed by atoms with Crippen LogP contribution in [-0.4, -0.2) is 4.57 Å². The Hall–Kier alpha value is -7.62. The lowest BCUT2D eigenvalue weighted by molar-refractivity contribution is 0.568. The SMILES string of the molecule is CC(c1ccccc1)C1Cc2ccccc2-c2cc(-c3cccc4c3oc3cc5oc6c(-c7ccc8c(c7)c7ccccc7n8-c7ccccc7)cccc6c5cc34)ccc21. The molecule has 3 aromatic heterocycles. The third-order valence-corrected chi connectivity index (χ3v) is 13.6. The van der Waals surface area contributed by atoms with Gasteiger partial charge in [0.15, 0.2) is 0 Å². The highest BCUT2D eigenvalue weighted by Gasteiger charge is 2.30. The van der Waals surface area contributed by atoms with Crippen molar-refractivity contribution in [2.45, 2.75) is 25.2 Å². The van der Waals surface area contributed by atoms with Gasteiger partial charge in [0.05, 0.1) is 11.0 Å². The van der Waals surface area contributed by atoms with Crippen LogP contribution >= 0.6 is 0 Å². The van der Waals surface area contributed by atoms with Gasteiger partial charge in [0.2, 0.25) is 0 Å². The number of hydrogen-bond acceptors (Lipinski definition) is 2. The highest BCUT2D eigenvalue weighted by atomic mass is 16.3. The van der Waals surface area contributed by atoms with Gasteiger partial charge in [0, 0.05) is 55.2 Å². The molecule has 3 nitrogen and oxygen atoms in total. The number of aromatic nitrogens is 1. The molecule has 2 unspecified atom stereocenters. The van der Waals surface area contributed by atoms with Gasteiger partial charge in [0.1, 0.15) is 22.3 Å². The van der Waals surface area contributed by atoms with Crippen LogP contribution < -0.4 is 0 Å². The molecule has 3 heterocycles. The van der Waals surface area contributed by atoms with Crippen LogP contribution in [0.15, 0.2) is 203 Å². The van der Waals surface area contributed by atoms with Crippen molar-refractivity contribution in [2.75, 3.05) is 0 Å². The minimum atomic E-state index is 0.388. The van der Waals surface area contributed by atoms with Crippen LogP contribution in [0, 0.1) is 0 Å². The highest BCUT2D eigenvalue weighted by molar-refractivity contribution is 6.19. The van der Waals surface area contributed by atoms with Gasteiger partial charge >= 0.3 is 0 Å². The molecule has 3 heteroatoms. The number of benzene rings is 9. The van der Waals surface area contributed by atoms with Gasteiger partial charge in [-0.15, -0.1) is 0 Å². The molecule has 12 aromatic rings. The summed E-state index contributed by atoms with van der Waals surface area (Å²) in [4.78, 5) is 0. The minimum absolute atomic E-state index is 0.388. The third-order valence-electron chi connectivity index (χ3n) is 13.6. The molecule has 0 amide bonds. The lowest BCUT2D eigenvalue weighted by Gasteiger charge is -2.32. The van der Waals surface area contributed by atoms with E-state index in [9.17, 15) is 0 Å². The van der Waals surface area contributed by atoms with Gasteiger partial charge in [0.25, 0.3) is 0 Å². The first-order chi connectivity index (χ1) is 30.2. The zero-order chi connectivity index (χ0) is 40.2. The van der Waals surface area contributed by atoms with Crippen molar-refractivity contribution >= 4 is 65.7 Å². The number of para-hydroxylation sites is 4. The summed E-state index contributed by atoms with van der Waals surface area (Å²) in [5.41, 5.74) is 18.3. The summed E-state index contributed by atoms with van der Waals surface area (Å²) in [7, 11) is 0. The lowest BCUT2D eigenvalue weighted by Crippen LogP contribution is -2.17. The average Bonchev–Trinajstić information content (AvgIpc) is 3.99. The molecule has 1 aliphatic rings. The van der Waals surface area contributed by atoms with Crippen LogP contribution in [0.3, 0.4) is 0 Å². The van der Waals surface area contributed by atoms with Gasteiger partial charge in [-0.3, -0.25) is 0 Å². The topological polar surface area (TPSA) is 31.2 Å². The first-order valence-electron chi connectivity index (χ1n) is 21.3. The maximum Gasteiger partial charge on any atom is 0.143 e. The Morgan fingerprint density at radius 3 is 1.79 bits per heavy atom. The Morgan fingerprint density at radius 2 is 1.03 bits per heavy atom. The Bertz CT molecular complexity index is 3700. The molecule has 288 valence electrons. The van der Waals surface area contributed by atoms with E-state index in [0.717, 1.165) is 78.2 Å². The summed E-state index contributed by atoms with van der Waals surface area (Å²) in [5, 5.41) is 6.83. The molecule has 0 spiro atoms. The second kappa shape index (κ2) is 13.2. The highest BCUT2D eigenvalue weighted by Crippen LogP contribution is 2.48. The van der Waals surface area contributed by atoms with E-state index in [1.165, 1.54) is 49.6 Å². The summed E-state index contributed by atoms with van der Waals surface area (Å²) in [5.74, 6) is 0.777. The Kier molecular flexibility index (Phi) is 7.41. The van der Waals surface area contributed by atoms with Gasteiger partial charge in [-0.05, 0) is 99.7 Å². The molecule has 0 N–H and O–H groups in total. The molecule has 61 heavy (non-hydrogen) atoms. The van der Waals surface area contributed by atoms with Gasteiger partial charge in [-0.25, -0.2) is 0 Å². The Morgan fingerprint density at radius 1 is 0.443 bits per heavy atom. The molecule has 0 saturated carbocycles. The maximum atomic E-state index is 6.85. The number of fused-ring (bicyclic) bond motifs is 12. The molecule has 0 saturated heterocycles. The quantitative estimate of drug-likeness (QED) is 0.174. The van der Waals surface area contributed by atoms with Crippen molar-refractivity contribution in [2.24, 2.45) is 0 Å². The van der Waals surface area contributed by atoms with Crippen molar-refractivity contribution < 1.29 is 8.83 Å². The van der Waals surface area contributed by atoms with E-state index in [1.54, 1.807) is 0 Å². The molecule has 1 aliphatic carbocycles. The van der Waals surface area contributed by atoms with E-state index in [1.807, 2.05) is 0 Å². The van der Waals surface area contributed by atoms with Crippen LogP contribution in [0.4, 0.5) is 0 Å². The van der Waals surface area contributed by atoms with E-state index in [-0.39, 0.29) is 0 Å². The van der Waals surface area contributed by atoms with Crippen molar-refractivity contribution in [3.8, 4) is 39.1 Å². The average molecular weight is 782 g/mol. The van der Waals surface area contributed by atoms with Crippen LogP contribution in [0.5, 0.6) is 0 Å². The largest absolute Gasteiger partial charge is 0.455 e. The smallest absolute Gasteiger partial charge is 0.143 e. The second-order valence-corrected chi connectivity index (χ2v) is 16.8. The van der Waals surface area contributed by atoms with Crippen LogP contribution in [0.1, 0.15) is 35.4 Å². The fourth-order valence-corrected chi connectivity index (χ4v) is 10.6.